The first-order valence-corrected chi connectivity index (χ1v) is 5.74. The minimum Gasteiger partial charge on any atom is -0.327 e. The second-order valence-electron chi connectivity index (χ2n) is 4.67. The monoisotopic (exact) mass is 223 g/mol. The SMILES string of the molecule is CCC1CCC(C(N)CCC(F)(F)F)C1. The fourth-order valence-electron chi connectivity index (χ4n) is 2.44. The summed E-state index contributed by atoms with van der Waals surface area (Å²) in [5.74, 6) is 1.00. The lowest BCUT2D eigenvalue weighted by molar-refractivity contribution is -0.136. The topological polar surface area (TPSA) is 26.0 Å². The van der Waals surface area contributed by atoms with Crippen LogP contribution < -0.4 is 5.73 Å². The van der Waals surface area contributed by atoms with Crippen LogP contribution in [0.15, 0.2) is 0 Å². The predicted octanol–water partition coefficient (Wildman–Crippen LogP) is 3.48. The van der Waals surface area contributed by atoms with Crippen molar-refractivity contribution in [2.45, 2.75) is 57.7 Å². The fraction of sp³-hybridized carbons (Fsp3) is 1.00. The zero-order chi connectivity index (χ0) is 11.5. The lowest BCUT2D eigenvalue weighted by atomic mass is 9.93. The van der Waals surface area contributed by atoms with Gasteiger partial charge < -0.3 is 5.73 Å². The van der Waals surface area contributed by atoms with E-state index in [-0.39, 0.29) is 12.5 Å². The molecule has 3 atom stereocenters. The summed E-state index contributed by atoms with van der Waals surface area (Å²) in [5, 5.41) is 0. The number of alkyl halides is 3. The predicted molar refractivity (Wildman–Crippen MR) is 54.4 cm³/mol. The van der Waals surface area contributed by atoms with Crippen LogP contribution in [0, 0.1) is 11.8 Å². The summed E-state index contributed by atoms with van der Waals surface area (Å²) in [5.41, 5.74) is 5.80. The summed E-state index contributed by atoms with van der Waals surface area (Å²) >= 11 is 0. The van der Waals surface area contributed by atoms with Crippen molar-refractivity contribution in [2.24, 2.45) is 17.6 Å². The van der Waals surface area contributed by atoms with Crippen molar-refractivity contribution in [3.05, 3.63) is 0 Å². The van der Waals surface area contributed by atoms with Gasteiger partial charge >= 0.3 is 6.18 Å². The highest BCUT2D eigenvalue weighted by Gasteiger charge is 2.32. The third-order valence-corrected chi connectivity index (χ3v) is 3.53. The molecule has 0 amide bonds. The van der Waals surface area contributed by atoms with E-state index in [1.165, 1.54) is 0 Å². The molecule has 0 aromatic carbocycles. The first kappa shape index (κ1) is 12.8. The van der Waals surface area contributed by atoms with Crippen molar-refractivity contribution in [3.8, 4) is 0 Å². The van der Waals surface area contributed by atoms with Gasteiger partial charge in [-0.25, -0.2) is 0 Å². The van der Waals surface area contributed by atoms with Gasteiger partial charge in [-0.3, -0.25) is 0 Å². The molecule has 0 radical (unpaired) electrons. The van der Waals surface area contributed by atoms with E-state index in [2.05, 4.69) is 6.92 Å². The Morgan fingerprint density at radius 2 is 2.00 bits per heavy atom. The normalized spacial score (nSPS) is 29.4. The van der Waals surface area contributed by atoms with Crippen LogP contribution in [0.3, 0.4) is 0 Å². The molecule has 0 bridgehead atoms. The van der Waals surface area contributed by atoms with Crippen LogP contribution in [0.1, 0.15) is 45.4 Å². The molecule has 1 fully saturated rings. The van der Waals surface area contributed by atoms with E-state index in [1.807, 2.05) is 0 Å². The van der Waals surface area contributed by atoms with Gasteiger partial charge in [0.2, 0.25) is 0 Å². The minimum absolute atomic E-state index is 0.0879. The van der Waals surface area contributed by atoms with Crippen LogP contribution in [0.25, 0.3) is 0 Å². The fourth-order valence-corrected chi connectivity index (χ4v) is 2.44. The molecule has 1 aliphatic carbocycles. The summed E-state index contributed by atoms with van der Waals surface area (Å²) in [6.45, 7) is 2.13. The molecule has 1 aliphatic rings. The highest BCUT2D eigenvalue weighted by Crippen LogP contribution is 2.36. The molecule has 4 heteroatoms. The first-order valence-electron chi connectivity index (χ1n) is 5.74. The second-order valence-corrected chi connectivity index (χ2v) is 4.67. The van der Waals surface area contributed by atoms with Gasteiger partial charge in [-0.2, -0.15) is 13.2 Å². The van der Waals surface area contributed by atoms with Gasteiger partial charge in [-0.1, -0.05) is 19.8 Å². The Morgan fingerprint density at radius 1 is 1.33 bits per heavy atom. The Bertz CT molecular complexity index is 191. The number of rotatable bonds is 4. The Morgan fingerprint density at radius 3 is 2.47 bits per heavy atom. The van der Waals surface area contributed by atoms with E-state index in [0.29, 0.717) is 11.8 Å². The largest absolute Gasteiger partial charge is 0.389 e. The molecule has 0 aromatic heterocycles. The van der Waals surface area contributed by atoms with Crippen molar-refractivity contribution in [1.29, 1.82) is 0 Å². The molecule has 0 aliphatic heterocycles. The third-order valence-electron chi connectivity index (χ3n) is 3.53. The van der Waals surface area contributed by atoms with Gasteiger partial charge in [-0.15, -0.1) is 0 Å². The van der Waals surface area contributed by atoms with Crippen molar-refractivity contribution in [2.75, 3.05) is 0 Å². The molecule has 15 heavy (non-hydrogen) atoms. The maximum Gasteiger partial charge on any atom is 0.389 e. The summed E-state index contributed by atoms with van der Waals surface area (Å²) in [6, 6.07) is -0.261. The Kier molecular flexibility index (Phi) is 4.44. The lowest BCUT2D eigenvalue weighted by Crippen LogP contribution is -2.30. The molecule has 0 heterocycles. The van der Waals surface area contributed by atoms with Gasteiger partial charge in [0, 0.05) is 12.5 Å². The number of hydrogen-bond donors (Lipinski definition) is 1. The summed E-state index contributed by atoms with van der Waals surface area (Å²) in [6.07, 6.45) is -0.400. The summed E-state index contributed by atoms with van der Waals surface area (Å²) in [7, 11) is 0. The van der Waals surface area contributed by atoms with Gasteiger partial charge in [-0.05, 0) is 31.1 Å². The molecular weight excluding hydrogens is 203 g/mol. The highest BCUT2D eigenvalue weighted by molar-refractivity contribution is 4.82. The number of halogens is 3. The van der Waals surface area contributed by atoms with Gasteiger partial charge in [0.05, 0.1) is 0 Å². The Hall–Kier alpha value is -0.250. The number of hydrogen-bond acceptors (Lipinski definition) is 1. The molecule has 90 valence electrons. The van der Waals surface area contributed by atoms with Gasteiger partial charge in [0.25, 0.3) is 0 Å². The zero-order valence-electron chi connectivity index (χ0n) is 9.19. The molecule has 0 saturated heterocycles. The molecule has 2 N–H and O–H groups in total. The van der Waals surface area contributed by atoms with Crippen LogP contribution in [0.2, 0.25) is 0 Å². The zero-order valence-corrected chi connectivity index (χ0v) is 9.19. The van der Waals surface area contributed by atoms with Crippen LogP contribution in [0.4, 0.5) is 13.2 Å². The van der Waals surface area contributed by atoms with E-state index >= 15 is 0 Å². The van der Waals surface area contributed by atoms with Crippen LogP contribution in [0.5, 0.6) is 0 Å². The van der Waals surface area contributed by atoms with Crippen LogP contribution >= 0.6 is 0 Å². The molecule has 0 spiro atoms. The van der Waals surface area contributed by atoms with E-state index in [1.54, 1.807) is 0 Å². The highest BCUT2D eigenvalue weighted by atomic mass is 19.4. The smallest absolute Gasteiger partial charge is 0.327 e. The third kappa shape index (κ3) is 4.41. The molecular formula is C11H20F3N. The Balaban J connectivity index is 2.26. The number of nitrogens with two attached hydrogens (primary N) is 1. The van der Waals surface area contributed by atoms with Gasteiger partial charge in [0.1, 0.15) is 0 Å². The molecule has 3 unspecified atom stereocenters. The maximum atomic E-state index is 12.0. The quantitative estimate of drug-likeness (QED) is 0.775. The van der Waals surface area contributed by atoms with Crippen LogP contribution in [-0.2, 0) is 0 Å². The van der Waals surface area contributed by atoms with E-state index in [9.17, 15) is 13.2 Å². The van der Waals surface area contributed by atoms with E-state index < -0.39 is 12.6 Å². The summed E-state index contributed by atoms with van der Waals surface area (Å²) in [4.78, 5) is 0. The van der Waals surface area contributed by atoms with Gasteiger partial charge in [0.15, 0.2) is 0 Å². The molecule has 1 saturated carbocycles. The lowest BCUT2D eigenvalue weighted by Gasteiger charge is -2.19. The van der Waals surface area contributed by atoms with Crippen molar-refractivity contribution >= 4 is 0 Å². The van der Waals surface area contributed by atoms with E-state index in [0.717, 1.165) is 25.7 Å². The van der Waals surface area contributed by atoms with Crippen molar-refractivity contribution < 1.29 is 13.2 Å². The summed E-state index contributed by atoms with van der Waals surface area (Å²) < 4.78 is 36.0. The Labute approximate surface area is 89.2 Å². The molecule has 1 nitrogen and oxygen atoms in total. The van der Waals surface area contributed by atoms with Crippen LogP contribution in [-0.4, -0.2) is 12.2 Å². The maximum absolute atomic E-state index is 12.0. The average Bonchev–Trinajstić information content (AvgIpc) is 2.61. The van der Waals surface area contributed by atoms with E-state index in [4.69, 9.17) is 5.73 Å². The average molecular weight is 223 g/mol. The molecule has 0 aromatic rings. The minimum atomic E-state index is -4.06. The molecule has 1 rings (SSSR count). The van der Waals surface area contributed by atoms with Crippen molar-refractivity contribution in [3.63, 3.8) is 0 Å². The second kappa shape index (κ2) is 5.19. The first-order chi connectivity index (χ1) is 6.92. The standard InChI is InChI=1S/C11H20F3N/c1-2-8-3-4-9(7-8)10(15)5-6-11(12,13)14/h8-10H,2-7,15H2,1H3. The van der Waals surface area contributed by atoms with Crippen molar-refractivity contribution in [1.82, 2.24) is 0 Å².